The van der Waals surface area contributed by atoms with Crippen molar-refractivity contribution in [1.82, 2.24) is 9.80 Å². The lowest BCUT2D eigenvalue weighted by Gasteiger charge is -2.48. The van der Waals surface area contributed by atoms with Gasteiger partial charge in [0.25, 0.3) is 0 Å². The Morgan fingerprint density at radius 2 is 1.32 bits per heavy atom. The first-order chi connectivity index (χ1) is 10.8. The van der Waals surface area contributed by atoms with Gasteiger partial charge >= 0.3 is 0 Å². The van der Waals surface area contributed by atoms with Gasteiger partial charge in [-0.05, 0) is 18.1 Å². The van der Waals surface area contributed by atoms with Gasteiger partial charge in [0.05, 0.1) is 0 Å². The van der Waals surface area contributed by atoms with Crippen LogP contribution in [0.5, 0.6) is 0 Å². The normalized spacial score (nSPS) is 46.5. The van der Waals surface area contributed by atoms with E-state index in [2.05, 4.69) is 76.7 Å². The highest BCUT2D eigenvalue weighted by molar-refractivity contribution is 5.84. The molecule has 4 aliphatic heterocycles. The standard InChI is InChI=1S/C18H18N4/c1-19-6-8-21-10-4-3-5-11-12(10)18-13(14(18)16(19)21)15(18)17-20(2)7-9-22(11)17/h3-9,13-17H,1-2H3. The van der Waals surface area contributed by atoms with E-state index < -0.39 is 0 Å². The van der Waals surface area contributed by atoms with Gasteiger partial charge in [-0.25, -0.2) is 0 Å². The molecule has 0 bridgehead atoms. The van der Waals surface area contributed by atoms with Gasteiger partial charge in [0.2, 0.25) is 0 Å². The number of benzene rings is 1. The summed E-state index contributed by atoms with van der Waals surface area (Å²) in [6, 6.07) is 6.89. The molecule has 0 amide bonds. The third-order valence-electron chi connectivity index (χ3n) is 7.19. The molecule has 7 rings (SSSR count). The molecule has 0 N–H and O–H groups in total. The van der Waals surface area contributed by atoms with Crippen LogP contribution in [0.2, 0.25) is 0 Å². The van der Waals surface area contributed by atoms with Crippen molar-refractivity contribution in [2.45, 2.75) is 17.7 Å². The second-order valence-electron chi connectivity index (χ2n) is 7.75. The summed E-state index contributed by atoms with van der Waals surface area (Å²) in [5.41, 5.74) is 5.02. The highest BCUT2D eigenvalue weighted by Gasteiger charge is 2.94. The van der Waals surface area contributed by atoms with Crippen LogP contribution in [0.25, 0.3) is 0 Å². The molecule has 4 heterocycles. The minimum atomic E-state index is 0.481. The molecule has 4 nitrogen and oxygen atoms in total. The Labute approximate surface area is 129 Å². The van der Waals surface area contributed by atoms with Crippen molar-refractivity contribution < 1.29 is 0 Å². The minimum absolute atomic E-state index is 0.481. The predicted octanol–water partition coefficient (Wildman–Crippen LogP) is 1.93. The van der Waals surface area contributed by atoms with Crippen LogP contribution in [0.1, 0.15) is 5.56 Å². The molecule has 4 heteroatoms. The monoisotopic (exact) mass is 290 g/mol. The van der Waals surface area contributed by atoms with Crippen molar-refractivity contribution in [1.29, 1.82) is 0 Å². The van der Waals surface area contributed by atoms with E-state index in [1.165, 1.54) is 11.4 Å². The van der Waals surface area contributed by atoms with E-state index in [1.807, 2.05) is 0 Å². The molecule has 6 aliphatic rings. The molecule has 4 atom stereocenters. The van der Waals surface area contributed by atoms with Crippen molar-refractivity contribution in [3.8, 4) is 0 Å². The van der Waals surface area contributed by atoms with Gasteiger partial charge < -0.3 is 19.6 Å². The Balaban J connectivity index is 1.54. The Morgan fingerprint density at radius 3 is 1.86 bits per heavy atom. The summed E-state index contributed by atoms with van der Waals surface area (Å²) in [6.07, 6.45) is 10.1. The Morgan fingerprint density at radius 1 is 0.773 bits per heavy atom. The Bertz CT molecular complexity index is 753. The van der Waals surface area contributed by atoms with E-state index >= 15 is 0 Å². The van der Waals surface area contributed by atoms with Crippen molar-refractivity contribution in [2.75, 3.05) is 23.9 Å². The smallest absolute Gasteiger partial charge is 0.109 e. The second-order valence-corrected chi connectivity index (χ2v) is 7.75. The van der Waals surface area contributed by atoms with Gasteiger partial charge in [-0.3, -0.25) is 0 Å². The van der Waals surface area contributed by atoms with Crippen molar-refractivity contribution in [3.05, 3.63) is 48.6 Å². The van der Waals surface area contributed by atoms with Gasteiger partial charge in [-0.2, -0.15) is 0 Å². The maximum atomic E-state index is 2.52. The number of hydrogen-bond acceptors (Lipinski definition) is 4. The lowest BCUT2D eigenvalue weighted by molar-refractivity contribution is 0.182. The van der Waals surface area contributed by atoms with Crippen LogP contribution in [0.4, 0.5) is 11.4 Å². The van der Waals surface area contributed by atoms with Crippen molar-refractivity contribution in [3.63, 3.8) is 0 Å². The summed E-state index contributed by atoms with van der Waals surface area (Å²) in [5.74, 6) is 2.52. The predicted molar refractivity (Wildman–Crippen MR) is 84.9 cm³/mol. The van der Waals surface area contributed by atoms with E-state index in [0.29, 0.717) is 17.7 Å². The molecule has 0 radical (unpaired) electrons. The second kappa shape index (κ2) is 2.75. The van der Waals surface area contributed by atoms with Crippen LogP contribution in [-0.2, 0) is 5.41 Å². The Kier molecular flexibility index (Phi) is 1.33. The molecule has 2 saturated carbocycles. The molecular formula is C18H18N4. The molecule has 2 fully saturated rings. The molecule has 1 spiro atoms. The fraction of sp³-hybridized carbons (Fsp3) is 0.444. The van der Waals surface area contributed by atoms with Crippen LogP contribution in [0, 0.1) is 17.8 Å². The SMILES string of the molecule is CN1C=CN2c3cccc4c3C35C(C12)C3C5C1N(C)C=CN41. The topological polar surface area (TPSA) is 13.0 Å². The summed E-state index contributed by atoms with van der Waals surface area (Å²) in [7, 11) is 4.47. The average molecular weight is 290 g/mol. The van der Waals surface area contributed by atoms with E-state index in [0.717, 1.165) is 17.8 Å². The van der Waals surface area contributed by atoms with Gasteiger partial charge in [-0.1, -0.05) is 6.07 Å². The number of nitrogens with zero attached hydrogens (tertiary/aromatic N) is 4. The van der Waals surface area contributed by atoms with Crippen molar-refractivity contribution >= 4 is 11.4 Å². The van der Waals surface area contributed by atoms with Crippen molar-refractivity contribution in [2.24, 2.45) is 17.8 Å². The fourth-order valence-electron chi connectivity index (χ4n) is 6.42. The van der Waals surface area contributed by atoms with Gasteiger partial charge in [0.1, 0.15) is 12.3 Å². The van der Waals surface area contributed by atoms with Crippen LogP contribution in [0.3, 0.4) is 0 Å². The minimum Gasteiger partial charge on any atom is -0.358 e. The first-order valence-corrected chi connectivity index (χ1v) is 8.27. The number of anilines is 2. The number of fused-ring (bicyclic) bond motifs is 8. The molecule has 2 aliphatic carbocycles. The van der Waals surface area contributed by atoms with E-state index in [9.17, 15) is 0 Å². The largest absolute Gasteiger partial charge is 0.358 e. The van der Waals surface area contributed by atoms with Gasteiger partial charge in [0.15, 0.2) is 0 Å². The highest BCUT2D eigenvalue weighted by Crippen LogP contribution is 2.91. The molecule has 0 aromatic heterocycles. The first-order valence-electron chi connectivity index (χ1n) is 8.27. The third kappa shape index (κ3) is 0.762. The zero-order valence-corrected chi connectivity index (χ0v) is 12.7. The van der Waals surface area contributed by atoms with Crippen LogP contribution < -0.4 is 9.80 Å². The van der Waals surface area contributed by atoms with E-state index in [1.54, 1.807) is 5.56 Å². The van der Waals surface area contributed by atoms with Gasteiger partial charge in [-0.15, -0.1) is 0 Å². The third-order valence-corrected chi connectivity index (χ3v) is 7.19. The first kappa shape index (κ1) is 10.6. The molecule has 1 aromatic rings. The summed E-state index contributed by atoms with van der Waals surface area (Å²) in [4.78, 5) is 9.87. The maximum absolute atomic E-state index is 2.52. The summed E-state index contributed by atoms with van der Waals surface area (Å²) in [6.45, 7) is 0. The molecule has 22 heavy (non-hydrogen) atoms. The quantitative estimate of drug-likeness (QED) is 0.724. The van der Waals surface area contributed by atoms with Crippen LogP contribution in [-0.4, -0.2) is 36.2 Å². The van der Waals surface area contributed by atoms with E-state index in [-0.39, 0.29) is 0 Å². The van der Waals surface area contributed by atoms with Crippen LogP contribution >= 0.6 is 0 Å². The summed E-state index contributed by atoms with van der Waals surface area (Å²) in [5, 5.41) is 0. The molecule has 4 unspecified atom stereocenters. The Hall–Kier alpha value is -2.10. The lowest BCUT2D eigenvalue weighted by atomic mass is 9.78. The maximum Gasteiger partial charge on any atom is 0.109 e. The molecular weight excluding hydrogens is 272 g/mol. The summed E-state index contributed by atoms with van der Waals surface area (Å²) < 4.78 is 0. The highest BCUT2D eigenvalue weighted by atomic mass is 15.5. The summed E-state index contributed by atoms with van der Waals surface area (Å²) >= 11 is 0. The fourth-order valence-corrected chi connectivity index (χ4v) is 6.42. The molecule has 1 aromatic carbocycles. The molecule has 110 valence electrons. The number of hydrogen-bond donors (Lipinski definition) is 0. The zero-order chi connectivity index (χ0) is 14.4. The van der Waals surface area contributed by atoms with E-state index in [4.69, 9.17) is 0 Å². The number of rotatable bonds is 0. The molecule has 0 saturated heterocycles. The zero-order valence-electron chi connectivity index (χ0n) is 12.7. The average Bonchev–Trinajstić information content (AvgIpc) is 3.28. The lowest BCUT2D eigenvalue weighted by Crippen LogP contribution is -2.54. The van der Waals surface area contributed by atoms with Gasteiger partial charge in [0, 0.05) is 73.1 Å². The van der Waals surface area contributed by atoms with Crippen LogP contribution in [0.15, 0.2) is 43.0 Å².